The Balaban J connectivity index is 2.03. The van der Waals surface area contributed by atoms with Crippen molar-refractivity contribution in [2.24, 2.45) is 0 Å². The van der Waals surface area contributed by atoms with Crippen LogP contribution in [0.5, 0.6) is 0 Å². The summed E-state index contributed by atoms with van der Waals surface area (Å²) in [5, 5.41) is 8.93. The highest BCUT2D eigenvalue weighted by Crippen LogP contribution is 2.17. The highest BCUT2D eigenvalue weighted by Gasteiger charge is 2.16. The van der Waals surface area contributed by atoms with E-state index in [1.807, 2.05) is 0 Å². The van der Waals surface area contributed by atoms with Crippen LogP contribution in [0.15, 0.2) is 0 Å². The van der Waals surface area contributed by atoms with Crippen molar-refractivity contribution in [3.8, 4) is 0 Å². The van der Waals surface area contributed by atoms with Crippen LogP contribution in [0.25, 0.3) is 0 Å². The van der Waals surface area contributed by atoms with E-state index in [1.165, 1.54) is 6.92 Å². The van der Waals surface area contributed by atoms with Gasteiger partial charge >= 0.3 is 0 Å². The van der Waals surface area contributed by atoms with Crippen molar-refractivity contribution in [3.05, 3.63) is 0 Å². The summed E-state index contributed by atoms with van der Waals surface area (Å²) in [5.41, 5.74) is 0. The predicted octanol–water partition coefficient (Wildman–Crippen LogP) is 1.29. The summed E-state index contributed by atoms with van der Waals surface area (Å²) in [4.78, 5) is 11.0. The highest BCUT2D eigenvalue weighted by molar-refractivity contribution is 5.82. The maximum atomic E-state index is 11.0. The molecule has 0 aromatic rings. The van der Waals surface area contributed by atoms with Gasteiger partial charge in [-0.2, -0.15) is 0 Å². The minimum atomic E-state index is -0.801. The molecule has 2 atom stereocenters. The van der Waals surface area contributed by atoms with Crippen molar-refractivity contribution in [2.75, 3.05) is 6.61 Å². The second-order valence-electron chi connectivity index (χ2n) is 3.67. The number of rotatable bonds is 5. The largest absolute Gasteiger partial charge is 0.386 e. The Morgan fingerprint density at radius 3 is 3.00 bits per heavy atom. The number of ketones is 1. The summed E-state index contributed by atoms with van der Waals surface area (Å²) in [6, 6.07) is 0. The van der Waals surface area contributed by atoms with Crippen LogP contribution in [0.2, 0.25) is 0 Å². The van der Waals surface area contributed by atoms with Crippen molar-refractivity contribution < 1.29 is 14.6 Å². The number of ether oxygens (including phenoxy) is 1. The third-order valence-corrected chi connectivity index (χ3v) is 2.44. The van der Waals surface area contributed by atoms with Crippen molar-refractivity contribution in [1.29, 1.82) is 0 Å². The van der Waals surface area contributed by atoms with E-state index < -0.39 is 6.10 Å². The highest BCUT2D eigenvalue weighted by atomic mass is 16.5. The fourth-order valence-electron chi connectivity index (χ4n) is 1.58. The summed E-state index contributed by atoms with van der Waals surface area (Å²) in [7, 11) is 0. The van der Waals surface area contributed by atoms with Crippen LogP contribution >= 0.6 is 0 Å². The fraction of sp³-hybridized carbons (Fsp3) is 0.900. The SMILES string of the molecule is CC(O)C(=O)CCCC1CCCO1. The van der Waals surface area contributed by atoms with E-state index in [0.717, 1.165) is 32.3 Å². The van der Waals surface area contributed by atoms with Gasteiger partial charge in [0.15, 0.2) is 5.78 Å². The first-order chi connectivity index (χ1) is 6.20. The molecule has 2 unspecified atom stereocenters. The average molecular weight is 186 g/mol. The molecule has 76 valence electrons. The van der Waals surface area contributed by atoms with Gasteiger partial charge in [-0.15, -0.1) is 0 Å². The normalized spacial score (nSPS) is 24.6. The number of hydrogen-bond acceptors (Lipinski definition) is 3. The van der Waals surface area contributed by atoms with E-state index in [2.05, 4.69) is 0 Å². The van der Waals surface area contributed by atoms with Gasteiger partial charge in [0.1, 0.15) is 6.10 Å². The molecule has 1 aliphatic heterocycles. The maximum Gasteiger partial charge on any atom is 0.160 e. The van der Waals surface area contributed by atoms with E-state index in [0.29, 0.717) is 12.5 Å². The quantitative estimate of drug-likeness (QED) is 0.703. The molecule has 3 heteroatoms. The second-order valence-corrected chi connectivity index (χ2v) is 3.67. The molecule has 0 aromatic carbocycles. The number of carbonyl (C=O) groups excluding carboxylic acids is 1. The Kier molecular flexibility index (Phi) is 4.39. The standard InChI is InChI=1S/C10H18O3/c1-8(11)10(12)6-2-4-9-5-3-7-13-9/h8-9,11H,2-7H2,1H3. The number of aliphatic hydroxyl groups is 1. The molecule has 0 spiro atoms. The molecule has 3 nitrogen and oxygen atoms in total. The molecule has 1 aliphatic rings. The van der Waals surface area contributed by atoms with E-state index in [9.17, 15) is 4.79 Å². The molecule has 1 fully saturated rings. The third kappa shape index (κ3) is 3.87. The summed E-state index contributed by atoms with van der Waals surface area (Å²) in [6.45, 7) is 2.39. The first-order valence-electron chi connectivity index (χ1n) is 5.02. The van der Waals surface area contributed by atoms with Crippen molar-refractivity contribution in [2.45, 2.75) is 51.2 Å². The van der Waals surface area contributed by atoms with Crippen molar-refractivity contribution in [1.82, 2.24) is 0 Å². The van der Waals surface area contributed by atoms with Crippen LogP contribution in [-0.2, 0) is 9.53 Å². The Bertz CT molecular complexity index is 160. The molecular formula is C10H18O3. The second kappa shape index (κ2) is 5.35. The molecular weight excluding hydrogens is 168 g/mol. The lowest BCUT2D eigenvalue weighted by molar-refractivity contribution is -0.126. The van der Waals surface area contributed by atoms with Gasteiger partial charge in [0.25, 0.3) is 0 Å². The van der Waals surface area contributed by atoms with Crippen LogP contribution < -0.4 is 0 Å². The average Bonchev–Trinajstić information content (AvgIpc) is 2.56. The van der Waals surface area contributed by atoms with E-state index in [1.54, 1.807) is 0 Å². The molecule has 0 bridgehead atoms. The van der Waals surface area contributed by atoms with Gasteiger partial charge < -0.3 is 9.84 Å². The van der Waals surface area contributed by atoms with Crippen molar-refractivity contribution >= 4 is 5.78 Å². The lowest BCUT2D eigenvalue weighted by Gasteiger charge is -2.08. The first kappa shape index (κ1) is 10.7. The number of carbonyl (C=O) groups is 1. The molecule has 1 N–H and O–H groups in total. The minimum absolute atomic E-state index is 0.0574. The molecule has 0 amide bonds. The van der Waals surface area contributed by atoms with E-state index in [-0.39, 0.29) is 5.78 Å². The third-order valence-electron chi connectivity index (χ3n) is 2.44. The summed E-state index contributed by atoms with van der Waals surface area (Å²) >= 11 is 0. The van der Waals surface area contributed by atoms with Crippen LogP contribution in [0, 0.1) is 0 Å². The monoisotopic (exact) mass is 186 g/mol. The van der Waals surface area contributed by atoms with Gasteiger partial charge in [0.2, 0.25) is 0 Å². The Hall–Kier alpha value is -0.410. The molecule has 1 rings (SSSR count). The zero-order valence-corrected chi connectivity index (χ0v) is 8.16. The smallest absolute Gasteiger partial charge is 0.160 e. The Morgan fingerprint density at radius 1 is 1.69 bits per heavy atom. The molecule has 1 heterocycles. The molecule has 0 aliphatic carbocycles. The molecule has 1 saturated heterocycles. The van der Waals surface area contributed by atoms with Gasteiger partial charge in [-0.1, -0.05) is 0 Å². The van der Waals surface area contributed by atoms with Gasteiger partial charge in [0.05, 0.1) is 6.10 Å². The lowest BCUT2D eigenvalue weighted by Crippen LogP contribution is -2.16. The summed E-state index contributed by atoms with van der Waals surface area (Å²) in [6.07, 6.45) is 4.12. The zero-order chi connectivity index (χ0) is 9.68. The topological polar surface area (TPSA) is 46.5 Å². The molecule has 0 aromatic heterocycles. The fourth-order valence-corrected chi connectivity index (χ4v) is 1.58. The zero-order valence-electron chi connectivity index (χ0n) is 8.16. The number of hydrogen-bond donors (Lipinski definition) is 1. The summed E-state index contributed by atoms with van der Waals surface area (Å²) in [5.74, 6) is -0.0574. The van der Waals surface area contributed by atoms with Crippen LogP contribution in [0.3, 0.4) is 0 Å². The van der Waals surface area contributed by atoms with Gasteiger partial charge in [-0.05, 0) is 32.6 Å². The minimum Gasteiger partial charge on any atom is -0.386 e. The number of Topliss-reactive ketones (excluding diaryl/α,β-unsaturated/α-hetero) is 1. The molecule has 0 saturated carbocycles. The Morgan fingerprint density at radius 2 is 2.46 bits per heavy atom. The van der Waals surface area contributed by atoms with Gasteiger partial charge in [0, 0.05) is 13.0 Å². The van der Waals surface area contributed by atoms with Crippen molar-refractivity contribution in [3.63, 3.8) is 0 Å². The van der Waals surface area contributed by atoms with Gasteiger partial charge in [-0.25, -0.2) is 0 Å². The van der Waals surface area contributed by atoms with E-state index in [4.69, 9.17) is 9.84 Å². The van der Waals surface area contributed by atoms with Crippen LogP contribution in [0.1, 0.15) is 39.0 Å². The van der Waals surface area contributed by atoms with Gasteiger partial charge in [-0.3, -0.25) is 4.79 Å². The van der Waals surface area contributed by atoms with Crippen LogP contribution in [-0.4, -0.2) is 29.7 Å². The molecule has 13 heavy (non-hydrogen) atoms. The maximum absolute atomic E-state index is 11.0. The summed E-state index contributed by atoms with van der Waals surface area (Å²) < 4.78 is 5.42. The number of aliphatic hydroxyl groups excluding tert-OH is 1. The first-order valence-corrected chi connectivity index (χ1v) is 5.02. The predicted molar refractivity (Wildman–Crippen MR) is 49.5 cm³/mol. The Labute approximate surface area is 79.1 Å². The van der Waals surface area contributed by atoms with E-state index >= 15 is 0 Å². The lowest BCUT2D eigenvalue weighted by atomic mass is 10.1. The van der Waals surface area contributed by atoms with Crippen LogP contribution in [0.4, 0.5) is 0 Å². The molecule has 0 radical (unpaired) electrons.